The highest BCUT2D eigenvalue weighted by atomic mass is 16.1. The van der Waals surface area contributed by atoms with E-state index in [4.69, 9.17) is 0 Å². The summed E-state index contributed by atoms with van der Waals surface area (Å²) in [7, 11) is 0. The predicted molar refractivity (Wildman–Crippen MR) is 91.4 cm³/mol. The van der Waals surface area contributed by atoms with Gasteiger partial charge in [0, 0.05) is 31.0 Å². The van der Waals surface area contributed by atoms with Crippen molar-refractivity contribution in [1.29, 1.82) is 0 Å². The van der Waals surface area contributed by atoms with E-state index < -0.39 is 0 Å². The summed E-state index contributed by atoms with van der Waals surface area (Å²) in [6.07, 6.45) is 4.62. The van der Waals surface area contributed by atoms with Gasteiger partial charge in [0.25, 0.3) is 0 Å². The summed E-state index contributed by atoms with van der Waals surface area (Å²) in [6.45, 7) is 5.11. The van der Waals surface area contributed by atoms with Gasteiger partial charge in [0.15, 0.2) is 0 Å². The average molecular weight is 308 g/mol. The lowest BCUT2D eigenvalue weighted by Crippen LogP contribution is -2.14. The van der Waals surface area contributed by atoms with Gasteiger partial charge in [-0.1, -0.05) is 6.92 Å². The summed E-state index contributed by atoms with van der Waals surface area (Å²) in [5, 5.41) is 2.94. The van der Waals surface area contributed by atoms with Crippen LogP contribution in [-0.2, 0) is 24.2 Å². The van der Waals surface area contributed by atoms with Crippen LogP contribution in [0.2, 0.25) is 0 Å². The number of carbonyl (C=O) groups is 1. The molecule has 1 aromatic carbocycles. The maximum Gasteiger partial charge on any atom is 0.228 e. The molecule has 5 nitrogen and oxygen atoms in total. The zero-order valence-corrected chi connectivity index (χ0v) is 13.4. The lowest BCUT2D eigenvalue weighted by molar-refractivity contribution is -0.115. The fraction of sp³-hybridized carbons (Fsp3) is 0.278. The van der Waals surface area contributed by atoms with Crippen LogP contribution in [0.4, 0.5) is 5.69 Å². The third kappa shape index (κ3) is 3.23. The molecule has 0 unspecified atom stereocenters. The maximum atomic E-state index is 12.1. The van der Waals surface area contributed by atoms with E-state index in [1.807, 2.05) is 30.3 Å². The van der Waals surface area contributed by atoms with Crippen molar-refractivity contribution in [3.05, 3.63) is 54.1 Å². The van der Waals surface area contributed by atoms with Crippen molar-refractivity contribution in [2.75, 3.05) is 5.32 Å². The molecule has 0 aliphatic carbocycles. The second kappa shape index (κ2) is 6.60. The number of hydrogen-bond donors (Lipinski definition) is 1. The molecule has 0 atom stereocenters. The number of aromatic nitrogens is 3. The van der Waals surface area contributed by atoms with E-state index >= 15 is 0 Å². The maximum absolute atomic E-state index is 12.1. The number of nitrogens with zero attached hydrogens (tertiary/aromatic N) is 3. The third-order valence-corrected chi connectivity index (χ3v) is 3.86. The van der Waals surface area contributed by atoms with Crippen molar-refractivity contribution in [2.24, 2.45) is 0 Å². The SMILES string of the molecule is CCc1nc2cc(NC(=O)Cc3ccncc3)ccc2n1CC. The molecular weight excluding hydrogens is 288 g/mol. The molecule has 0 aliphatic heterocycles. The Morgan fingerprint density at radius 1 is 1.17 bits per heavy atom. The number of hydrogen-bond acceptors (Lipinski definition) is 3. The van der Waals surface area contributed by atoms with E-state index in [0.29, 0.717) is 6.42 Å². The molecule has 0 bridgehead atoms. The van der Waals surface area contributed by atoms with Gasteiger partial charge in [0.2, 0.25) is 5.91 Å². The Kier molecular flexibility index (Phi) is 4.37. The molecular formula is C18H20N4O. The van der Waals surface area contributed by atoms with Crippen molar-refractivity contribution < 1.29 is 4.79 Å². The molecule has 0 spiro atoms. The minimum atomic E-state index is -0.0406. The first-order valence-corrected chi connectivity index (χ1v) is 7.89. The van der Waals surface area contributed by atoms with Gasteiger partial charge >= 0.3 is 0 Å². The number of imidazole rings is 1. The number of carbonyl (C=O) groups excluding carboxylic acids is 1. The lowest BCUT2D eigenvalue weighted by Gasteiger charge is -2.06. The third-order valence-electron chi connectivity index (χ3n) is 3.86. The van der Waals surface area contributed by atoms with Gasteiger partial charge in [0.05, 0.1) is 17.5 Å². The molecule has 0 saturated heterocycles. The molecule has 3 aromatic rings. The Balaban J connectivity index is 1.79. The van der Waals surface area contributed by atoms with E-state index in [1.54, 1.807) is 12.4 Å². The van der Waals surface area contributed by atoms with Crippen LogP contribution in [-0.4, -0.2) is 20.4 Å². The number of nitrogens with one attached hydrogen (secondary N) is 1. The lowest BCUT2D eigenvalue weighted by atomic mass is 10.2. The summed E-state index contributed by atoms with van der Waals surface area (Å²) in [6, 6.07) is 9.58. The second-order valence-corrected chi connectivity index (χ2v) is 5.41. The van der Waals surface area contributed by atoms with Crippen molar-refractivity contribution in [3.8, 4) is 0 Å². The number of fused-ring (bicyclic) bond motifs is 1. The number of anilines is 1. The number of benzene rings is 1. The van der Waals surface area contributed by atoms with Crippen molar-refractivity contribution in [3.63, 3.8) is 0 Å². The van der Waals surface area contributed by atoms with Gasteiger partial charge in [-0.25, -0.2) is 4.98 Å². The summed E-state index contributed by atoms with van der Waals surface area (Å²) in [4.78, 5) is 20.8. The van der Waals surface area contributed by atoms with Crippen LogP contribution >= 0.6 is 0 Å². The average Bonchev–Trinajstić information content (AvgIpc) is 2.92. The Hall–Kier alpha value is -2.69. The summed E-state index contributed by atoms with van der Waals surface area (Å²) in [5.41, 5.74) is 3.75. The van der Waals surface area contributed by atoms with Crippen LogP contribution in [0, 0.1) is 0 Å². The molecule has 1 amide bonds. The largest absolute Gasteiger partial charge is 0.328 e. The molecule has 0 fully saturated rings. The van der Waals surface area contributed by atoms with Crippen LogP contribution in [0.3, 0.4) is 0 Å². The summed E-state index contributed by atoms with van der Waals surface area (Å²) in [5.74, 6) is 1.03. The van der Waals surface area contributed by atoms with Crippen molar-refractivity contribution in [2.45, 2.75) is 33.2 Å². The van der Waals surface area contributed by atoms with Crippen LogP contribution in [0.1, 0.15) is 25.2 Å². The minimum Gasteiger partial charge on any atom is -0.328 e. The van der Waals surface area contributed by atoms with Crippen LogP contribution in [0.5, 0.6) is 0 Å². The number of pyridine rings is 1. The first-order chi connectivity index (χ1) is 11.2. The zero-order valence-electron chi connectivity index (χ0n) is 13.4. The van der Waals surface area contributed by atoms with Gasteiger partial charge < -0.3 is 9.88 Å². The van der Waals surface area contributed by atoms with Crippen LogP contribution < -0.4 is 5.32 Å². The van der Waals surface area contributed by atoms with Gasteiger partial charge in [-0.05, 0) is 42.8 Å². The Labute approximate surface area is 135 Å². The van der Waals surface area contributed by atoms with Crippen LogP contribution in [0.15, 0.2) is 42.7 Å². The number of aryl methyl sites for hydroxylation is 2. The smallest absolute Gasteiger partial charge is 0.228 e. The molecule has 23 heavy (non-hydrogen) atoms. The zero-order chi connectivity index (χ0) is 16.2. The fourth-order valence-electron chi connectivity index (χ4n) is 2.77. The highest BCUT2D eigenvalue weighted by Crippen LogP contribution is 2.21. The van der Waals surface area contributed by atoms with Gasteiger partial charge in [0.1, 0.15) is 5.82 Å². The second-order valence-electron chi connectivity index (χ2n) is 5.41. The van der Waals surface area contributed by atoms with E-state index in [2.05, 4.69) is 33.7 Å². The quantitative estimate of drug-likeness (QED) is 0.787. The molecule has 0 aliphatic rings. The molecule has 0 saturated carbocycles. The monoisotopic (exact) mass is 308 g/mol. The Morgan fingerprint density at radius 2 is 1.96 bits per heavy atom. The van der Waals surface area contributed by atoms with Crippen LogP contribution in [0.25, 0.3) is 11.0 Å². The van der Waals surface area contributed by atoms with Gasteiger partial charge in [-0.2, -0.15) is 0 Å². The molecule has 2 aromatic heterocycles. The summed E-state index contributed by atoms with van der Waals surface area (Å²) >= 11 is 0. The molecule has 0 radical (unpaired) electrons. The van der Waals surface area contributed by atoms with E-state index in [0.717, 1.165) is 41.1 Å². The number of amides is 1. The standard InChI is InChI=1S/C18H20N4O/c1-3-17-21-15-12-14(5-6-16(15)22(17)4-2)20-18(23)11-13-7-9-19-10-8-13/h5-10,12H,3-4,11H2,1-2H3,(H,20,23). The van der Waals surface area contributed by atoms with E-state index in [9.17, 15) is 4.79 Å². The van der Waals surface area contributed by atoms with Crippen molar-refractivity contribution >= 4 is 22.6 Å². The highest BCUT2D eigenvalue weighted by Gasteiger charge is 2.10. The van der Waals surface area contributed by atoms with Crippen molar-refractivity contribution in [1.82, 2.24) is 14.5 Å². The first-order valence-electron chi connectivity index (χ1n) is 7.89. The minimum absolute atomic E-state index is 0.0406. The predicted octanol–water partition coefficient (Wildman–Crippen LogP) is 3.19. The Morgan fingerprint density at radius 3 is 2.65 bits per heavy atom. The molecule has 118 valence electrons. The summed E-state index contributed by atoms with van der Waals surface area (Å²) < 4.78 is 2.21. The normalized spacial score (nSPS) is 10.9. The topological polar surface area (TPSA) is 59.8 Å². The first kappa shape index (κ1) is 15.2. The molecule has 1 N–H and O–H groups in total. The van der Waals surface area contributed by atoms with E-state index in [1.165, 1.54) is 0 Å². The molecule has 2 heterocycles. The number of rotatable bonds is 5. The van der Waals surface area contributed by atoms with Gasteiger partial charge in [-0.15, -0.1) is 0 Å². The molecule has 5 heteroatoms. The Bertz CT molecular complexity index is 824. The van der Waals surface area contributed by atoms with E-state index in [-0.39, 0.29) is 5.91 Å². The fourth-order valence-corrected chi connectivity index (χ4v) is 2.77. The highest BCUT2D eigenvalue weighted by molar-refractivity contribution is 5.94. The van der Waals surface area contributed by atoms with Gasteiger partial charge in [-0.3, -0.25) is 9.78 Å². The molecule has 3 rings (SSSR count).